The second-order valence-electron chi connectivity index (χ2n) is 5.05. The number of hydrogen-bond donors (Lipinski definition) is 1. The van der Waals surface area contributed by atoms with Crippen LogP contribution in [-0.4, -0.2) is 7.11 Å². The molecule has 0 aliphatic rings. The predicted molar refractivity (Wildman–Crippen MR) is 78.0 cm³/mol. The molecule has 2 nitrogen and oxygen atoms in total. The summed E-state index contributed by atoms with van der Waals surface area (Å²) in [5.41, 5.74) is 8.61. The summed E-state index contributed by atoms with van der Waals surface area (Å²) in [6.07, 6.45) is 7.49. The van der Waals surface area contributed by atoms with E-state index in [-0.39, 0.29) is 6.04 Å². The van der Waals surface area contributed by atoms with Crippen LogP contribution in [0.5, 0.6) is 5.75 Å². The Morgan fingerprint density at radius 2 is 1.89 bits per heavy atom. The summed E-state index contributed by atoms with van der Waals surface area (Å²) in [6, 6.07) is 6.37. The fourth-order valence-electron chi connectivity index (χ4n) is 2.25. The first kappa shape index (κ1) is 15.0. The molecule has 0 bridgehead atoms. The first-order valence-electron chi connectivity index (χ1n) is 7.09. The molecule has 0 heterocycles. The second kappa shape index (κ2) is 8.15. The smallest absolute Gasteiger partial charge is 0.123 e. The summed E-state index contributed by atoms with van der Waals surface area (Å²) in [6.45, 7) is 4.31. The molecule has 0 aliphatic carbocycles. The van der Waals surface area contributed by atoms with E-state index in [0.717, 1.165) is 17.7 Å². The van der Waals surface area contributed by atoms with E-state index < -0.39 is 0 Å². The lowest BCUT2D eigenvalue weighted by atomic mass is 9.98. The molecular formula is C16H27NO. The SMILES string of the molecule is CCCCCCCC(N)c1ccc(C)cc1OC. The highest BCUT2D eigenvalue weighted by Crippen LogP contribution is 2.28. The third-order valence-corrected chi connectivity index (χ3v) is 3.41. The van der Waals surface area contributed by atoms with Crippen LogP contribution in [0, 0.1) is 6.92 Å². The van der Waals surface area contributed by atoms with Crippen molar-refractivity contribution in [2.24, 2.45) is 5.73 Å². The highest BCUT2D eigenvalue weighted by atomic mass is 16.5. The molecular weight excluding hydrogens is 222 g/mol. The van der Waals surface area contributed by atoms with E-state index in [0.29, 0.717) is 0 Å². The van der Waals surface area contributed by atoms with E-state index in [4.69, 9.17) is 10.5 Å². The summed E-state index contributed by atoms with van der Waals surface area (Å²) in [7, 11) is 1.71. The minimum Gasteiger partial charge on any atom is -0.496 e. The second-order valence-corrected chi connectivity index (χ2v) is 5.05. The van der Waals surface area contributed by atoms with Crippen molar-refractivity contribution in [3.8, 4) is 5.75 Å². The molecule has 0 aromatic heterocycles. The van der Waals surface area contributed by atoms with Crippen molar-refractivity contribution in [1.82, 2.24) is 0 Å². The zero-order chi connectivity index (χ0) is 13.4. The topological polar surface area (TPSA) is 35.2 Å². The molecule has 1 aromatic carbocycles. The van der Waals surface area contributed by atoms with Crippen molar-refractivity contribution in [2.75, 3.05) is 7.11 Å². The van der Waals surface area contributed by atoms with Crippen LogP contribution < -0.4 is 10.5 Å². The van der Waals surface area contributed by atoms with E-state index >= 15 is 0 Å². The number of hydrogen-bond acceptors (Lipinski definition) is 2. The lowest BCUT2D eigenvalue weighted by molar-refractivity contribution is 0.402. The van der Waals surface area contributed by atoms with Crippen LogP contribution in [0.3, 0.4) is 0 Å². The van der Waals surface area contributed by atoms with E-state index in [1.807, 2.05) is 0 Å². The molecule has 0 saturated heterocycles. The van der Waals surface area contributed by atoms with E-state index in [2.05, 4.69) is 32.0 Å². The maximum atomic E-state index is 6.26. The van der Waals surface area contributed by atoms with Gasteiger partial charge in [0.25, 0.3) is 0 Å². The van der Waals surface area contributed by atoms with Crippen molar-refractivity contribution in [3.05, 3.63) is 29.3 Å². The Morgan fingerprint density at radius 1 is 1.17 bits per heavy atom. The third kappa shape index (κ3) is 4.69. The molecule has 0 amide bonds. The van der Waals surface area contributed by atoms with Crippen molar-refractivity contribution in [3.63, 3.8) is 0 Å². The maximum absolute atomic E-state index is 6.26. The Kier molecular flexibility index (Phi) is 6.81. The Hall–Kier alpha value is -1.02. The van der Waals surface area contributed by atoms with Gasteiger partial charge >= 0.3 is 0 Å². The van der Waals surface area contributed by atoms with Crippen molar-refractivity contribution in [2.45, 2.75) is 58.4 Å². The number of nitrogens with two attached hydrogens (primary N) is 1. The molecule has 0 saturated carbocycles. The summed E-state index contributed by atoms with van der Waals surface area (Å²) in [4.78, 5) is 0. The molecule has 1 unspecified atom stereocenters. The summed E-state index contributed by atoms with van der Waals surface area (Å²) < 4.78 is 5.41. The first-order valence-corrected chi connectivity index (χ1v) is 7.09. The van der Waals surface area contributed by atoms with Gasteiger partial charge in [-0.15, -0.1) is 0 Å². The highest BCUT2D eigenvalue weighted by Gasteiger charge is 2.11. The van der Waals surface area contributed by atoms with E-state index in [9.17, 15) is 0 Å². The quantitative estimate of drug-likeness (QED) is 0.695. The molecule has 1 rings (SSSR count). The average Bonchev–Trinajstić information content (AvgIpc) is 2.38. The van der Waals surface area contributed by atoms with Crippen LogP contribution >= 0.6 is 0 Å². The van der Waals surface area contributed by atoms with Crippen molar-refractivity contribution in [1.29, 1.82) is 0 Å². The highest BCUT2D eigenvalue weighted by molar-refractivity contribution is 5.39. The van der Waals surface area contributed by atoms with Crippen LogP contribution in [-0.2, 0) is 0 Å². The Morgan fingerprint density at radius 3 is 2.56 bits per heavy atom. The molecule has 2 heteroatoms. The molecule has 0 fully saturated rings. The van der Waals surface area contributed by atoms with Gasteiger partial charge in [-0.05, 0) is 25.0 Å². The average molecular weight is 249 g/mol. The van der Waals surface area contributed by atoms with Crippen molar-refractivity contribution >= 4 is 0 Å². The number of rotatable bonds is 8. The summed E-state index contributed by atoms with van der Waals surface area (Å²) in [5, 5.41) is 0. The first-order chi connectivity index (χ1) is 8.69. The molecule has 102 valence electrons. The van der Waals surface area contributed by atoms with Gasteiger partial charge in [-0.25, -0.2) is 0 Å². The molecule has 0 radical (unpaired) electrons. The minimum atomic E-state index is 0.0992. The number of unbranched alkanes of at least 4 members (excludes halogenated alkanes) is 4. The summed E-state index contributed by atoms with van der Waals surface area (Å²) >= 11 is 0. The Balaban J connectivity index is 2.48. The molecule has 0 aliphatic heterocycles. The van der Waals surface area contributed by atoms with Crippen LogP contribution in [0.25, 0.3) is 0 Å². The van der Waals surface area contributed by atoms with Gasteiger partial charge in [0.1, 0.15) is 5.75 Å². The van der Waals surface area contributed by atoms with Gasteiger partial charge in [0, 0.05) is 11.6 Å². The maximum Gasteiger partial charge on any atom is 0.123 e. The third-order valence-electron chi connectivity index (χ3n) is 3.41. The fourth-order valence-corrected chi connectivity index (χ4v) is 2.25. The fraction of sp³-hybridized carbons (Fsp3) is 0.625. The van der Waals surface area contributed by atoms with Crippen LogP contribution in [0.15, 0.2) is 18.2 Å². The number of ether oxygens (including phenoxy) is 1. The zero-order valence-corrected chi connectivity index (χ0v) is 12.0. The predicted octanol–water partition coefficient (Wildman–Crippen LogP) is 4.36. The standard InChI is InChI=1S/C16H27NO/c1-4-5-6-7-8-9-15(17)14-11-10-13(2)12-16(14)18-3/h10-12,15H,4-9,17H2,1-3H3. The van der Waals surface area contributed by atoms with E-state index in [1.165, 1.54) is 37.7 Å². The van der Waals surface area contributed by atoms with Crippen molar-refractivity contribution < 1.29 is 4.74 Å². The van der Waals surface area contributed by atoms with Gasteiger partial charge in [-0.1, -0.05) is 51.2 Å². The van der Waals surface area contributed by atoms with Gasteiger partial charge in [0.15, 0.2) is 0 Å². The zero-order valence-electron chi connectivity index (χ0n) is 12.0. The number of methoxy groups -OCH3 is 1. The molecule has 1 atom stereocenters. The van der Waals surface area contributed by atoms with Crippen LogP contribution in [0.2, 0.25) is 0 Å². The molecule has 0 spiro atoms. The van der Waals surface area contributed by atoms with Gasteiger partial charge in [-0.3, -0.25) is 0 Å². The van der Waals surface area contributed by atoms with Gasteiger partial charge in [-0.2, -0.15) is 0 Å². The lowest BCUT2D eigenvalue weighted by Gasteiger charge is -2.16. The Bertz CT molecular complexity index is 349. The lowest BCUT2D eigenvalue weighted by Crippen LogP contribution is -2.11. The van der Waals surface area contributed by atoms with Gasteiger partial charge in [0.2, 0.25) is 0 Å². The van der Waals surface area contributed by atoms with E-state index in [1.54, 1.807) is 7.11 Å². The largest absolute Gasteiger partial charge is 0.496 e. The van der Waals surface area contributed by atoms with Gasteiger partial charge < -0.3 is 10.5 Å². The molecule has 1 aromatic rings. The minimum absolute atomic E-state index is 0.0992. The number of benzene rings is 1. The summed E-state index contributed by atoms with van der Waals surface area (Å²) in [5.74, 6) is 0.927. The normalized spacial score (nSPS) is 12.4. The monoisotopic (exact) mass is 249 g/mol. The van der Waals surface area contributed by atoms with Gasteiger partial charge in [0.05, 0.1) is 7.11 Å². The van der Waals surface area contributed by atoms with Crippen LogP contribution in [0.1, 0.15) is 62.6 Å². The molecule has 2 N–H and O–H groups in total. The number of aryl methyl sites for hydroxylation is 1. The molecule has 18 heavy (non-hydrogen) atoms. The Labute approximate surface area is 112 Å². The van der Waals surface area contributed by atoms with Crippen LogP contribution in [0.4, 0.5) is 0 Å².